The molecule has 60 valence electrons. The Hall–Kier alpha value is -0.250. The van der Waals surface area contributed by atoms with Gasteiger partial charge in [0.05, 0.1) is 5.57 Å². The topological polar surface area (TPSA) is 46.2 Å². The van der Waals surface area contributed by atoms with Crippen LogP contribution < -0.4 is 5.32 Å². The predicted molar refractivity (Wildman–Crippen MR) is 41.5 cm³/mol. The number of rotatable bonds is 1. The summed E-state index contributed by atoms with van der Waals surface area (Å²) in [7, 11) is 0. The predicted octanol–water partition coefficient (Wildman–Crippen LogP) is 0.939. The highest BCUT2D eigenvalue weighted by Gasteiger charge is 2.32. The molecule has 6 heteroatoms. The molecule has 0 aromatic heterocycles. The molecule has 1 rings (SSSR count). The lowest BCUT2D eigenvalue weighted by molar-refractivity contribution is -0.123. The van der Waals surface area contributed by atoms with E-state index in [4.69, 9.17) is 34.8 Å². The molecule has 0 saturated carbocycles. The molecule has 0 aliphatic carbocycles. The van der Waals surface area contributed by atoms with Crippen LogP contribution in [-0.4, -0.2) is 16.7 Å². The van der Waals surface area contributed by atoms with E-state index in [0.29, 0.717) is 0 Å². The van der Waals surface area contributed by atoms with E-state index in [1.807, 2.05) is 5.32 Å². The maximum absolute atomic E-state index is 10.8. The number of carbonyl (C=O) groups is 2. The highest BCUT2D eigenvalue weighted by molar-refractivity contribution is 6.54. The summed E-state index contributed by atoms with van der Waals surface area (Å²) in [6, 6.07) is 0. The van der Waals surface area contributed by atoms with Crippen LogP contribution >= 0.6 is 34.8 Å². The first-order chi connectivity index (χ1) is 5.04. The lowest BCUT2D eigenvalue weighted by atomic mass is 10.3. The Morgan fingerprint density at radius 2 is 1.73 bits per heavy atom. The van der Waals surface area contributed by atoms with Crippen LogP contribution in [0.1, 0.15) is 0 Å². The molecule has 1 aliphatic rings. The first-order valence-electron chi connectivity index (χ1n) is 2.57. The van der Waals surface area contributed by atoms with Gasteiger partial charge in [0.2, 0.25) is 0 Å². The molecule has 0 aromatic rings. The van der Waals surface area contributed by atoms with Crippen LogP contribution in [0, 0.1) is 0 Å². The zero-order chi connectivity index (χ0) is 8.59. The Morgan fingerprint density at radius 3 is 1.91 bits per heavy atom. The Balaban J connectivity index is 3.07. The first-order valence-corrected chi connectivity index (χ1v) is 3.82. The Bertz CT molecular complexity index is 258. The van der Waals surface area contributed by atoms with Crippen LogP contribution in [0.2, 0.25) is 0 Å². The Kier molecular flexibility index (Phi) is 2.42. The molecule has 0 radical (unpaired) electrons. The molecule has 0 saturated heterocycles. The molecule has 0 spiro atoms. The minimum Gasteiger partial charge on any atom is -0.288 e. The largest absolute Gasteiger partial charge is 0.288 e. The zero-order valence-corrected chi connectivity index (χ0v) is 7.30. The molecule has 0 atom stereocenters. The van der Waals surface area contributed by atoms with Crippen molar-refractivity contribution in [3.63, 3.8) is 0 Å². The van der Waals surface area contributed by atoms with E-state index in [-0.39, 0.29) is 10.6 Å². The fourth-order valence-corrected chi connectivity index (χ4v) is 1.41. The molecular weight excluding hydrogens is 212 g/mol. The molecule has 11 heavy (non-hydrogen) atoms. The highest BCUT2D eigenvalue weighted by atomic mass is 35.5. The smallest absolute Gasteiger partial charge is 0.270 e. The number of carbonyl (C=O) groups excluding carboxylic acids is 2. The molecule has 3 nitrogen and oxygen atoms in total. The van der Waals surface area contributed by atoms with Crippen LogP contribution in [0.25, 0.3) is 0 Å². The van der Waals surface area contributed by atoms with Gasteiger partial charge in [0, 0.05) is 0 Å². The van der Waals surface area contributed by atoms with Gasteiger partial charge in [-0.3, -0.25) is 14.9 Å². The maximum atomic E-state index is 10.8. The maximum Gasteiger partial charge on any atom is 0.270 e. The molecule has 0 aromatic carbocycles. The Morgan fingerprint density at radius 1 is 1.18 bits per heavy atom. The molecule has 0 unspecified atom stereocenters. The third kappa shape index (κ3) is 1.50. The second-order valence-corrected chi connectivity index (χ2v) is 3.29. The second-order valence-electron chi connectivity index (χ2n) is 1.81. The molecule has 1 N–H and O–H groups in total. The summed E-state index contributed by atoms with van der Waals surface area (Å²) >= 11 is 16.1. The van der Waals surface area contributed by atoms with E-state index < -0.39 is 16.7 Å². The van der Waals surface area contributed by atoms with Gasteiger partial charge < -0.3 is 0 Å². The lowest BCUT2D eigenvalue weighted by Crippen LogP contribution is -2.23. The van der Waals surface area contributed by atoms with Gasteiger partial charge in [0.15, 0.2) is 0 Å². The van der Waals surface area contributed by atoms with Crippen molar-refractivity contribution in [1.82, 2.24) is 5.32 Å². The van der Waals surface area contributed by atoms with Gasteiger partial charge in [-0.15, -0.1) is 0 Å². The fourth-order valence-electron chi connectivity index (χ4n) is 0.642. The summed E-state index contributed by atoms with van der Waals surface area (Å²) in [5.74, 6) is -1.28. The number of amides is 2. The third-order valence-electron chi connectivity index (χ3n) is 1.13. The van der Waals surface area contributed by atoms with Gasteiger partial charge in [0.1, 0.15) is 9.87 Å². The highest BCUT2D eigenvalue weighted by Crippen LogP contribution is 2.25. The number of nitrogens with one attached hydrogen (secondary N) is 1. The lowest BCUT2D eigenvalue weighted by Gasteiger charge is -1.96. The van der Waals surface area contributed by atoms with Crippen LogP contribution in [0.5, 0.6) is 0 Å². The normalized spacial score (nSPS) is 18.2. The van der Waals surface area contributed by atoms with Crippen LogP contribution in [0.15, 0.2) is 10.6 Å². The van der Waals surface area contributed by atoms with E-state index >= 15 is 0 Å². The minimum absolute atomic E-state index is 0.0833. The Labute approximate surface area is 77.3 Å². The summed E-state index contributed by atoms with van der Waals surface area (Å²) in [6.07, 6.45) is 0. The monoisotopic (exact) mass is 213 g/mol. The van der Waals surface area contributed by atoms with Crippen molar-refractivity contribution in [3.8, 4) is 0 Å². The van der Waals surface area contributed by atoms with E-state index in [1.165, 1.54) is 0 Å². The van der Waals surface area contributed by atoms with Gasteiger partial charge in [-0.25, -0.2) is 0 Å². The van der Waals surface area contributed by atoms with Crippen molar-refractivity contribution in [2.75, 3.05) is 0 Å². The number of halogens is 3. The summed E-state index contributed by atoms with van der Waals surface area (Å²) < 4.78 is 0. The fraction of sp³-hybridized carbons (Fsp3) is 0.200. The first kappa shape index (κ1) is 8.84. The van der Waals surface area contributed by atoms with Crippen LogP contribution in [-0.2, 0) is 9.59 Å². The van der Waals surface area contributed by atoms with Gasteiger partial charge in [-0.05, 0) is 0 Å². The molecular formula is C5H2Cl3NO2. The van der Waals surface area contributed by atoms with E-state index in [0.717, 1.165) is 0 Å². The van der Waals surface area contributed by atoms with Gasteiger partial charge >= 0.3 is 0 Å². The molecule has 1 aliphatic heterocycles. The van der Waals surface area contributed by atoms with E-state index in [2.05, 4.69) is 0 Å². The van der Waals surface area contributed by atoms with Gasteiger partial charge in [0.25, 0.3) is 11.8 Å². The van der Waals surface area contributed by atoms with E-state index in [9.17, 15) is 9.59 Å². The molecule has 1 heterocycles. The molecule has 0 fully saturated rings. The average molecular weight is 214 g/mol. The summed E-state index contributed by atoms with van der Waals surface area (Å²) in [5, 5.41) is 1.71. The number of imide groups is 1. The standard InChI is InChI=1S/C5H2Cl3NO2/c6-2-1(3(7)8)4(10)9-5(2)11/h3H,(H,9,10,11). The number of hydrogen-bond donors (Lipinski definition) is 1. The number of hydrogen-bond acceptors (Lipinski definition) is 2. The number of alkyl halides is 2. The molecule has 0 bridgehead atoms. The quantitative estimate of drug-likeness (QED) is 0.522. The van der Waals surface area contributed by atoms with Crippen molar-refractivity contribution in [2.45, 2.75) is 4.84 Å². The van der Waals surface area contributed by atoms with E-state index in [1.54, 1.807) is 0 Å². The summed E-state index contributed by atoms with van der Waals surface area (Å²) in [4.78, 5) is 20.4. The summed E-state index contributed by atoms with van der Waals surface area (Å²) in [6.45, 7) is 0. The van der Waals surface area contributed by atoms with Crippen molar-refractivity contribution in [3.05, 3.63) is 10.6 Å². The van der Waals surface area contributed by atoms with Crippen molar-refractivity contribution in [2.24, 2.45) is 0 Å². The van der Waals surface area contributed by atoms with Crippen molar-refractivity contribution < 1.29 is 9.59 Å². The third-order valence-corrected chi connectivity index (χ3v) is 1.94. The minimum atomic E-state index is -1.06. The van der Waals surface area contributed by atoms with Gasteiger partial charge in [-0.1, -0.05) is 34.8 Å². The van der Waals surface area contributed by atoms with Crippen LogP contribution in [0.3, 0.4) is 0 Å². The van der Waals surface area contributed by atoms with Crippen LogP contribution in [0.4, 0.5) is 0 Å². The summed E-state index contributed by atoms with van der Waals surface area (Å²) in [5.41, 5.74) is -0.0833. The zero-order valence-electron chi connectivity index (χ0n) is 5.03. The van der Waals surface area contributed by atoms with Gasteiger partial charge in [-0.2, -0.15) is 0 Å². The van der Waals surface area contributed by atoms with Crippen molar-refractivity contribution in [1.29, 1.82) is 0 Å². The average Bonchev–Trinajstić information content (AvgIpc) is 2.07. The SMILES string of the molecule is O=C1NC(=O)C(C(Cl)Cl)=C1Cl. The molecule has 2 amide bonds. The second kappa shape index (κ2) is 3.01. The van der Waals surface area contributed by atoms with Crippen molar-refractivity contribution >= 4 is 46.6 Å².